The fourth-order valence-electron chi connectivity index (χ4n) is 4.24. The molecule has 5 rings (SSSR count). The van der Waals surface area contributed by atoms with Crippen LogP contribution < -0.4 is 10.9 Å². The summed E-state index contributed by atoms with van der Waals surface area (Å²) in [6.07, 6.45) is 1.46. The molecule has 10 nitrogen and oxygen atoms in total. The Morgan fingerprint density at radius 2 is 1.86 bits per heavy atom. The van der Waals surface area contributed by atoms with Gasteiger partial charge in [0.25, 0.3) is 5.56 Å². The Morgan fingerprint density at radius 1 is 1.11 bits per heavy atom. The monoisotopic (exact) mass is 498 g/mol. The van der Waals surface area contributed by atoms with Crippen LogP contribution in [0, 0.1) is 6.92 Å². The lowest BCUT2D eigenvalue weighted by Gasteiger charge is -2.10. The van der Waals surface area contributed by atoms with Crippen molar-refractivity contribution in [2.45, 2.75) is 46.7 Å². The second-order valence-electron chi connectivity index (χ2n) is 9.36. The predicted octanol–water partition coefficient (Wildman–Crippen LogP) is 4.06. The van der Waals surface area contributed by atoms with Crippen LogP contribution in [-0.4, -0.2) is 35.9 Å². The van der Waals surface area contributed by atoms with Crippen molar-refractivity contribution in [2.75, 3.05) is 5.32 Å². The summed E-state index contributed by atoms with van der Waals surface area (Å²) < 4.78 is 8.40. The van der Waals surface area contributed by atoms with Crippen molar-refractivity contribution in [2.24, 2.45) is 0 Å². The quantitative estimate of drug-likeness (QED) is 0.336. The Hall–Kier alpha value is -4.60. The molecule has 3 aromatic heterocycles. The van der Waals surface area contributed by atoms with E-state index in [4.69, 9.17) is 4.52 Å². The van der Waals surface area contributed by atoms with Crippen LogP contribution in [0.2, 0.25) is 0 Å². The molecule has 37 heavy (non-hydrogen) atoms. The first-order chi connectivity index (χ1) is 17.7. The van der Waals surface area contributed by atoms with E-state index < -0.39 is 0 Å². The number of carbonyl (C=O) groups excluding carboxylic acids is 2. The maximum absolute atomic E-state index is 13.6. The highest BCUT2D eigenvalue weighted by Gasteiger charge is 2.20. The predicted molar refractivity (Wildman–Crippen MR) is 139 cm³/mol. The van der Waals surface area contributed by atoms with Gasteiger partial charge in [-0.15, -0.1) is 0 Å². The van der Waals surface area contributed by atoms with Gasteiger partial charge in [0.2, 0.25) is 11.8 Å². The summed E-state index contributed by atoms with van der Waals surface area (Å²) in [5.74, 6) is 0.594. The molecule has 0 radical (unpaired) electrons. The number of nitrogens with zero attached hydrogens (tertiary/aromatic N) is 5. The van der Waals surface area contributed by atoms with Crippen molar-refractivity contribution in [3.05, 3.63) is 82.0 Å². The van der Waals surface area contributed by atoms with Gasteiger partial charge < -0.3 is 14.4 Å². The van der Waals surface area contributed by atoms with E-state index in [-0.39, 0.29) is 36.3 Å². The molecule has 3 heterocycles. The van der Waals surface area contributed by atoms with Crippen LogP contribution in [0.4, 0.5) is 5.69 Å². The molecule has 5 aromatic rings. The largest absolute Gasteiger partial charge is 0.337 e. The van der Waals surface area contributed by atoms with Crippen molar-refractivity contribution in [1.82, 2.24) is 24.3 Å². The van der Waals surface area contributed by atoms with Gasteiger partial charge in [-0.1, -0.05) is 30.6 Å². The Labute approximate surface area is 211 Å². The van der Waals surface area contributed by atoms with Crippen LogP contribution in [0.5, 0.6) is 0 Å². The molecule has 1 N–H and O–H groups in total. The molecule has 188 valence electrons. The molecule has 0 bridgehead atoms. The number of aryl methyl sites for hydroxylation is 1. The lowest BCUT2D eigenvalue weighted by Crippen LogP contribution is -2.25. The van der Waals surface area contributed by atoms with Crippen LogP contribution >= 0.6 is 0 Å². The normalized spacial score (nSPS) is 11.5. The van der Waals surface area contributed by atoms with E-state index in [1.165, 1.54) is 17.8 Å². The van der Waals surface area contributed by atoms with Crippen molar-refractivity contribution in [1.29, 1.82) is 0 Å². The molecule has 1 amide bonds. The number of anilines is 1. The van der Waals surface area contributed by atoms with Crippen LogP contribution in [0.3, 0.4) is 0 Å². The molecule has 0 fully saturated rings. The summed E-state index contributed by atoms with van der Waals surface area (Å²) in [6, 6.07) is 12.4. The minimum atomic E-state index is -0.318. The van der Waals surface area contributed by atoms with Crippen LogP contribution in [0.1, 0.15) is 54.3 Å². The second kappa shape index (κ2) is 9.45. The van der Waals surface area contributed by atoms with Gasteiger partial charge in [0.05, 0.1) is 11.8 Å². The highest BCUT2D eigenvalue weighted by Crippen LogP contribution is 2.27. The molecule has 0 spiro atoms. The van der Waals surface area contributed by atoms with Crippen molar-refractivity contribution < 1.29 is 14.1 Å². The smallest absolute Gasteiger partial charge is 0.278 e. The molecule has 0 aliphatic rings. The number of fused-ring (bicyclic) bond motifs is 3. The molecule has 0 aliphatic heterocycles. The molecule has 0 aliphatic carbocycles. The minimum Gasteiger partial charge on any atom is -0.337 e. The number of amides is 1. The van der Waals surface area contributed by atoms with E-state index in [2.05, 4.69) is 20.4 Å². The number of ketones is 1. The number of hydrogen-bond donors (Lipinski definition) is 1. The van der Waals surface area contributed by atoms with Gasteiger partial charge in [-0.3, -0.25) is 19.0 Å². The summed E-state index contributed by atoms with van der Waals surface area (Å²) in [6.45, 7) is 7.33. The van der Waals surface area contributed by atoms with E-state index in [1.54, 1.807) is 28.8 Å². The Morgan fingerprint density at radius 3 is 2.54 bits per heavy atom. The van der Waals surface area contributed by atoms with Crippen molar-refractivity contribution in [3.63, 3.8) is 0 Å². The number of benzene rings is 2. The highest BCUT2D eigenvalue weighted by atomic mass is 16.5. The van der Waals surface area contributed by atoms with Crippen LogP contribution in [0.15, 0.2) is 58.1 Å². The Balaban J connectivity index is 1.53. The van der Waals surface area contributed by atoms with E-state index in [9.17, 15) is 14.4 Å². The zero-order valence-electron chi connectivity index (χ0n) is 21.0. The number of carbonyl (C=O) groups is 2. The summed E-state index contributed by atoms with van der Waals surface area (Å²) in [7, 11) is 0. The third-order valence-corrected chi connectivity index (χ3v) is 6.16. The lowest BCUT2D eigenvalue weighted by molar-refractivity contribution is -0.116. The number of nitrogens with one attached hydrogen (secondary N) is 1. The van der Waals surface area contributed by atoms with Gasteiger partial charge in [0, 0.05) is 22.6 Å². The van der Waals surface area contributed by atoms with Gasteiger partial charge in [0.1, 0.15) is 24.1 Å². The lowest BCUT2D eigenvalue weighted by atomic mass is 10.1. The van der Waals surface area contributed by atoms with Gasteiger partial charge >= 0.3 is 0 Å². The number of hydrogen-bond acceptors (Lipinski definition) is 7. The molecule has 0 saturated heterocycles. The maximum atomic E-state index is 13.6. The van der Waals surface area contributed by atoms with Crippen LogP contribution in [-0.2, 0) is 17.9 Å². The molecule has 2 aromatic carbocycles. The first-order valence-corrected chi connectivity index (χ1v) is 11.9. The van der Waals surface area contributed by atoms with Crippen molar-refractivity contribution >= 4 is 39.3 Å². The molecular formula is C27H26N6O4. The fraction of sp³-hybridized carbons (Fsp3) is 0.259. The summed E-state index contributed by atoms with van der Waals surface area (Å²) in [5, 5.41) is 7.59. The van der Waals surface area contributed by atoms with Crippen molar-refractivity contribution in [3.8, 4) is 0 Å². The molecule has 0 atom stereocenters. The average Bonchev–Trinajstić information content (AvgIpc) is 3.44. The molecule has 10 heteroatoms. The average molecular weight is 499 g/mol. The summed E-state index contributed by atoms with van der Waals surface area (Å²) in [5.41, 5.74) is 3.37. The first-order valence-electron chi connectivity index (χ1n) is 11.9. The summed E-state index contributed by atoms with van der Waals surface area (Å²) in [4.78, 5) is 47.1. The number of aromatic nitrogens is 5. The first kappa shape index (κ1) is 24.1. The fourth-order valence-corrected chi connectivity index (χ4v) is 4.24. The second-order valence-corrected chi connectivity index (χ2v) is 9.36. The molecular weight excluding hydrogens is 472 g/mol. The minimum absolute atomic E-state index is 0.0526. The highest BCUT2D eigenvalue weighted by molar-refractivity contribution is 6.07. The van der Waals surface area contributed by atoms with Gasteiger partial charge in [-0.25, -0.2) is 4.98 Å². The topological polar surface area (TPSA) is 125 Å². The van der Waals surface area contributed by atoms with E-state index in [0.29, 0.717) is 34.0 Å². The van der Waals surface area contributed by atoms with Crippen LogP contribution in [0.25, 0.3) is 21.9 Å². The summed E-state index contributed by atoms with van der Waals surface area (Å²) >= 11 is 0. The van der Waals surface area contributed by atoms with Gasteiger partial charge in [-0.2, -0.15) is 4.98 Å². The molecule has 0 saturated carbocycles. The third kappa shape index (κ3) is 4.65. The Kier molecular flexibility index (Phi) is 6.16. The van der Waals surface area contributed by atoms with Gasteiger partial charge in [0.15, 0.2) is 11.6 Å². The number of rotatable bonds is 7. The zero-order valence-corrected chi connectivity index (χ0v) is 21.0. The number of Topliss-reactive ketones (excluding diaryl/α,β-unsaturated/α-hetero) is 1. The van der Waals surface area contributed by atoms with E-state index in [0.717, 1.165) is 16.5 Å². The zero-order chi connectivity index (χ0) is 26.3. The Bertz CT molecular complexity index is 1710. The molecule has 0 unspecified atom stereocenters. The van der Waals surface area contributed by atoms with E-state index >= 15 is 0 Å². The maximum Gasteiger partial charge on any atom is 0.278 e. The SMILES string of the molecule is CC(=O)c1ccc(NC(=O)Cn2c3ccc(C)cc3c3ncn(Cc4nc(C(C)C)no4)c(=O)c32)cc1. The standard InChI is InChI=1S/C27H26N6O4/c1-15(2)26-30-23(37-31-26)13-32-14-28-24-20-11-16(3)5-10-21(20)33(25(24)27(32)36)12-22(35)29-19-8-6-18(7-9-19)17(4)34/h5-11,14-15H,12-13H2,1-4H3,(H,29,35). The van der Waals surface area contributed by atoms with E-state index in [1.807, 2.05) is 39.0 Å². The van der Waals surface area contributed by atoms with Gasteiger partial charge in [-0.05, 0) is 50.2 Å². The third-order valence-electron chi connectivity index (χ3n) is 6.16.